The minimum absolute atomic E-state index is 0.0368. The molecule has 1 fully saturated rings. The van der Waals surface area contributed by atoms with E-state index >= 15 is 0 Å². The molecule has 2 N–H and O–H groups in total. The highest BCUT2D eigenvalue weighted by atomic mass is 32.1. The van der Waals surface area contributed by atoms with Crippen molar-refractivity contribution in [3.8, 4) is 0 Å². The van der Waals surface area contributed by atoms with E-state index in [1.807, 2.05) is 6.92 Å². The second kappa shape index (κ2) is 4.83. The van der Waals surface area contributed by atoms with Crippen LogP contribution in [-0.2, 0) is 4.79 Å². The van der Waals surface area contributed by atoms with Gasteiger partial charge in [-0.3, -0.25) is 4.79 Å². The molecule has 5 nitrogen and oxygen atoms in total. The number of thiazole rings is 1. The molecule has 1 aliphatic rings. The maximum absolute atomic E-state index is 11.7. The Morgan fingerprint density at radius 1 is 1.59 bits per heavy atom. The molecule has 0 aromatic carbocycles. The molecule has 92 valence electrons. The normalized spacial score (nSPS) is 17.2. The van der Waals surface area contributed by atoms with Crippen molar-refractivity contribution in [3.05, 3.63) is 16.1 Å². The van der Waals surface area contributed by atoms with Crippen molar-refractivity contribution in [1.29, 1.82) is 0 Å². The van der Waals surface area contributed by atoms with E-state index in [0.29, 0.717) is 5.01 Å². The van der Waals surface area contributed by atoms with Gasteiger partial charge in [0.25, 0.3) is 0 Å². The molecule has 1 unspecified atom stereocenters. The molecule has 1 saturated carbocycles. The molecular weight excluding hydrogens is 240 g/mol. The van der Waals surface area contributed by atoms with Gasteiger partial charge in [-0.2, -0.15) is 0 Å². The summed E-state index contributed by atoms with van der Waals surface area (Å²) in [7, 11) is 0. The van der Waals surface area contributed by atoms with Gasteiger partial charge in [0.1, 0.15) is 5.01 Å². The van der Waals surface area contributed by atoms with Crippen LogP contribution in [0.25, 0.3) is 0 Å². The first-order valence-electron chi connectivity index (χ1n) is 5.57. The molecular formula is C11H14N2O3S. The molecule has 0 spiro atoms. The van der Waals surface area contributed by atoms with Gasteiger partial charge in [0.15, 0.2) is 5.69 Å². The molecule has 0 saturated heterocycles. The Morgan fingerprint density at radius 2 is 2.29 bits per heavy atom. The van der Waals surface area contributed by atoms with Crippen LogP contribution < -0.4 is 5.32 Å². The lowest BCUT2D eigenvalue weighted by atomic mass is 9.84. The first-order valence-corrected chi connectivity index (χ1v) is 6.45. The fraction of sp³-hybridized carbons (Fsp3) is 0.545. The third-order valence-corrected chi connectivity index (χ3v) is 3.97. The molecule has 0 radical (unpaired) electrons. The molecule has 6 heteroatoms. The van der Waals surface area contributed by atoms with Gasteiger partial charge in [0, 0.05) is 11.3 Å². The lowest BCUT2D eigenvalue weighted by molar-refractivity contribution is -0.128. The van der Waals surface area contributed by atoms with Crippen LogP contribution in [0.3, 0.4) is 0 Å². The molecule has 17 heavy (non-hydrogen) atoms. The third kappa shape index (κ3) is 2.63. The number of aromatic carboxylic acids is 1. The van der Waals surface area contributed by atoms with Gasteiger partial charge in [-0.25, -0.2) is 9.78 Å². The molecule has 1 heterocycles. The number of nitrogens with zero attached hydrogens (tertiary/aromatic N) is 1. The number of nitrogens with one attached hydrogen (secondary N) is 1. The van der Waals surface area contributed by atoms with Gasteiger partial charge in [0.05, 0.1) is 6.04 Å². The maximum Gasteiger partial charge on any atom is 0.355 e. The van der Waals surface area contributed by atoms with E-state index in [1.165, 1.54) is 16.7 Å². The fourth-order valence-electron chi connectivity index (χ4n) is 1.65. The van der Waals surface area contributed by atoms with E-state index < -0.39 is 5.97 Å². The van der Waals surface area contributed by atoms with Gasteiger partial charge in [-0.1, -0.05) is 6.42 Å². The van der Waals surface area contributed by atoms with Gasteiger partial charge in [0.2, 0.25) is 5.91 Å². The van der Waals surface area contributed by atoms with Crippen molar-refractivity contribution in [3.63, 3.8) is 0 Å². The number of amides is 1. The molecule has 1 aromatic heterocycles. The average Bonchev–Trinajstić information content (AvgIpc) is 2.62. The van der Waals surface area contributed by atoms with Crippen molar-refractivity contribution in [2.24, 2.45) is 5.92 Å². The lowest BCUT2D eigenvalue weighted by Crippen LogP contribution is -2.35. The second-order valence-electron chi connectivity index (χ2n) is 4.23. The van der Waals surface area contributed by atoms with Gasteiger partial charge in [-0.15, -0.1) is 11.3 Å². The van der Waals surface area contributed by atoms with Crippen LogP contribution in [0, 0.1) is 5.92 Å². The molecule has 1 aliphatic carbocycles. The SMILES string of the molecule is CC(NC(=O)C1CCC1)c1nc(C(=O)O)cs1. The Hall–Kier alpha value is -1.43. The van der Waals surface area contributed by atoms with Gasteiger partial charge < -0.3 is 10.4 Å². The average molecular weight is 254 g/mol. The number of hydrogen-bond acceptors (Lipinski definition) is 4. The van der Waals surface area contributed by atoms with Crippen molar-refractivity contribution in [2.75, 3.05) is 0 Å². The van der Waals surface area contributed by atoms with E-state index in [-0.39, 0.29) is 23.6 Å². The minimum atomic E-state index is -1.04. The molecule has 1 aromatic rings. The summed E-state index contributed by atoms with van der Waals surface area (Å²) in [5.41, 5.74) is 0.0368. The predicted octanol–water partition coefficient (Wildman–Crippen LogP) is 1.82. The van der Waals surface area contributed by atoms with Crippen LogP contribution in [0.2, 0.25) is 0 Å². The van der Waals surface area contributed by atoms with Crippen LogP contribution >= 0.6 is 11.3 Å². The smallest absolute Gasteiger partial charge is 0.355 e. The number of carbonyl (C=O) groups excluding carboxylic acids is 1. The Labute approximate surface area is 103 Å². The van der Waals surface area contributed by atoms with E-state index in [2.05, 4.69) is 10.3 Å². The number of carbonyl (C=O) groups is 2. The van der Waals surface area contributed by atoms with Crippen molar-refractivity contribution >= 4 is 23.2 Å². The van der Waals surface area contributed by atoms with Gasteiger partial charge in [-0.05, 0) is 19.8 Å². The predicted molar refractivity (Wildman–Crippen MR) is 63.0 cm³/mol. The second-order valence-corrected chi connectivity index (χ2v) is 5.12. The van der Waals surface area contributed by atoms with Crippen LogP contribution in [0.5, 0.6) is 0 Å². The summed E-state index contributed by atoms with van der Waals surface area (Å²) in [6.45, 7) is 1.82. The van der Waals surface area contributed by atoms with Crippen LogP contribution in [0.4, 0.5) is 0 Å². The number of hydrogen-bond donors (Lipinski definition) is 2. The van der Waals surface area contributed by atoms with E-state index in [1.54, 1.807) is 0 Å². The quantitative estimate of drug-likeness (QED) is 0.859. The number of rotatable bonds is 4. The van der Waals surface area contributed by atoms with Crippen LogP contribution in [0.1, 0.15) is 47.7 Å². The Morgan fingerprint density at radius 3 is 2.76 bits per heavy atom. The summed E-state index contributed by atoms with van der Waals surface area (Å²) in [6.07, 6.45) is 3.03. The Balaban J connectivity index is 1.96. The summed E-state index contributed by atoms with van der Waals surface area (Å²) in [6, 6.07) is -0.221. The molecule has 2 rings (SSSR count). The highest BCUT2D eigenvalue weighted by molar-refractivity contribution is 7.09. The number of carboxylic acids is 1. The topological polar surface area (TPSA) is 79.3 Å². The Bertz CT molecular complexity index is 440. The molecule has 0 aliphatic heterocycles. The maximum atomic E-state index is 11.7. The summed E-state index contributed by atoms with van der Waals surface area (Å²) >= 11 is 1.26. The summed E-state index contributed by atoms with van der Waals surface area (Å²) in [5.74, 6) is -0.850. The first kappa shape index (κ1) is 12.0. The van der Waals surface area contributed by atoms with E-state index in [4.69, 9.17) is 5.11 Å². The van der Waals surface area contributed by atoms with Crippen LogP contribution in [-0.4, -0.2) is 22.0 Å². The lowest BCUT2D eigenvalue weighted by Gasteiger charge is -2.25. The summed E-state index contributed by atoms with van der Waals surface area (Å²) < 4.78 is 0. The Kier molecular flexibility index (Phi) is 3.42. The zero-order chi connectivity index (χ0) is 12.4. The minimum Gasteiger partial charge on any atom is -0.476 e. The standard InChI is InChI=1S/C11H14N2O3S/c1-6(12-9(14)7-3-2-4-7)10-13-8(5-17-10)11(15)16/h5-7H,2-4H2,1H3,(H,12,14)(H,15,16). The summed E-state index contributed by atoms with van der Waals surface area (Å²) in [4.78, 5) is 26.3. The number of aromatic nitrogens is 1. The van der Waals surface area contributed by atoms with Gasteiger partial charge >= 0.3 is 5.97 Å². The highest BCUT2D eigenvalue weighted by Crippen LogP contribution is 2.27. The van der Waals surface area contributed by atoms with Crippen molar-refractivity contribution in [1.82, 2.24) is 10.3 Å². The van der Waals surface area contributed by atoms with E-state index in [9.17, 15) is 9.59 Å². The van der Waals surface area contributed by atoms with Crippen LogP contribution in [0.15, 0.2) is 5.38 Å². The highest BCUT2D eigenvalue weighted by Gasteiger charge is 2.27. The molecule has 0 bridgehead atoms. The largest absolute Gasteiger partial charge is 0.476 e. The zero-order valence-electron chi connectivity index (χ0n) is 9.47. The first-order chi connectivity index (χ1) is 8.08. The molecule has 1 atom stereocenters. The zero-order valence-corrected chi connectivity index (χ0v) is 10.3. The summed E-state index contributed by atoms with van der Waals surface area (Å²) in [5, 5.41) is 13.7. The fourth-order valence-corrected chi connectivity index (χ4v) is 2.45. The van der Waals surface area contributed by atoms with Crippen molar-refractivity contribution in [2.45, 2.75) is 32.2 Å². The van der Waals surface area contributed by atoms with Crippen molar-refractivity contribution < 1.29 is 14.7 Å². The monoisotopic (exact) mass is 254 g/mol. The number of carboxylic acid groups (broad SMARTS) is 1. The third-order valence-electron chi connectivity index (χ3n) is 2.95. The van der Waals surface area contributed by atoms with E-state index in [0.717, 1.165) is 19.3 Å². The molecule has 1 amide bonds.